The Morgan fingerprint density at radius 2 is 1.96 bits per heavy atom. The molecule has 0 saturated carbocycles. The number of aliphatic imine (C=N–C) groups is 1. The van der Waals surface area contributed by atoms with Crippen LogP contribution >= 0.6 is 24.0 Å². The van der Waals surface area contributed by atoms with Crippen LogP contribution in [0.15, 0.2) is 23.2 Å². The van der Waals surface area contributed by atoms with E-state index in [4.69, 9.17) is 9.73 Å². The number of aryl methyl sites for hydroxylation is 1. The van der Waals surface area contributed by atoms with E-state index in [9.17, 15) is 0 Å². The van der Waals surface area contributed by atoms with Gasteiger partial charge in [-0.05, 0) is 77.2 Å². The summed E-state index contributed by atoms with van der Waals surface area (Å²) in [6.07, 6.45) is 6.06. The summed E-state index contributed by atoms with van der Waals surface area (Å²) >= 11 is 0. The Morgan fingerprint density at radius 3 is 2.67 bits per heavy atom. The lowest BCUT2D eigenvalue weighted by Gasteiger charge is -2.14. The first-order valence-electron chi connectivity index (χ1n) is 10.1. The van der Waals surface area contributed by atoms with Crippen molar-refractivity contribution in [3.8, 4) is 5.75 Å². The third-order valence-electron chi connectivity index (χ3n) is 4.82. The number of rotatable bonds is 10. The number of hydrogen-bond acceptors (Lipinski definition) is 3. The number of nitrogens with one attached hydrogen (secondary N) is 2. The fraction of sp³-hybridized carbons (Fsp3) is 0.667. The zero-order valence-electron chi connectivity index (χ0n) is 17.2. The highest BCUT2D eigenvalue weighted by Crippen LogP contribution is 2.19. The zero-order chi connectivity index (χ0) is 18.6. The molecule has 5 nitrogen and oxygen atoms in total. The van der Waals surface area contributed by atoms with Gasteiger partial charge in [-0.1, -0.05) is 17.7 Å². The predicted octanol–water partition coefficient (Wildman–Crippen LogP) is 3.60. The van der Waals surface area contributed by atoms with Crippen LogP contribution in [-0.4, -0.2) is 57.2 Å². The van der Waals surface area contributed by atoms with E-state index in [-0.39, 0.29) is 24.0 Å². The van der Waals surface area contributed by atoms with E-state index in [0.717, 1.165) is 44.2 Å². The molecule has 1 aliphatic heterocycles. The Bertz CT molecular complexity index is 559. The van der Waals surface area contributed by atoms with Crippen LogP contribution in [0.5, 0.6) is 5.75 Å². The van der Waals surface area contributed by atoms with Crippen molar-refractivity contribution in [2.75, 3.05) is 46.4 Å². The van der Waals surface area contributed by atoms with Crippen LogP contribution < -0.4 is 15.4 Å². The highest BCUT2D eigenvalue weighted by Gasteiger charge is 2.10. The summed E-state index contributed by atoms with van der Waals surface area (Å²) in [6.45, 7) is 10.6. The summed E-state index contributed by atoms with van der Waals surface area (Å²) in [7, 11) is 1.73. The van der Waals surface area contributed by atoms with E-state index in [1.807, 2.05) is 6.07 Å². The Hall–Kier alpha value is -1.02. The molecule has 0 aliphatic carbocycles. The molecule has 1 saturated heterocycles. The Kier molecular flexibility index (Phi) is 12.5. The summed E-state index contributed by atoms with van der Waals surface area (Å²) < 4.78 is 5.46. The minimum Gasteiger partial charge on any atom is -0.496 e. The van der Waals surface area contributed by atoms with Crippen molar-refractivity contribution in [1.29, 1.82) is 0 Å². The number of benzene rings is 1. The minimum atomic E-state index is 0. The van der Waals surface area contributed by atoms with Crippen LogP contribution in [-0.2, 0) is 6.42 Å². The van der Waals surface area contributed by atoms with Crippen molar-refractivity contribution in [2.24, 2.45) is 4.99 Å². The van der Waals surface area contributed by atoms with Gasteiger partial charge >= 0.3 is 0 Å². The molecule has 2 N–H and O–H groups in total. The van der Waals surface area contributed by atoms with E-state index in [1.165, 1.54) is 50.0 Å². The molecule has 27 heavy (non-hydrogen) atoms. The number of halogens is 1. The van der Waals surface area contributed by atoms with Gasteiger partial charge in [0.25, 0.3) is 0 Å². The molecule has 0 radical (unpaired) electrons. The Morgan fingerprint density at radius 1 is 1.19 bits per heavy atom. The molecule has 154 valence electrons. The molecule has 0 unspecified atom stereocenters. The summed E-state index contributed by atoms with van der Waals surface area (Å²) in [5.74, 6) is 1.88. The average Bonchev–Trinajstić information content (AvgIpc) is 3.15. The van der Waals surface area contributed by atoms with Gasteiger partial charge in [0.2, 0.25) is 0 Å². The third-order valence-corrected chi connectivity index (χ3v) is 4.82. The van der Waals surface area contributed by atoms with E-state index in [0.29, 0.717) is 0 Å². The van der Waals surface area contributed by atoms with Crippen molar-refractivity contribution < 1.29 is 4.74 Å². The van der Waals surface area contributed by atoms with Gasteiger partial charge in [-0.15, -0.1) is 24.0 Å². The highest BCUT2D eigenvalue weighted by molar-refractivity contribution is 14.0. The van der Waals surface area contributed by atoms with Crippen molar-refractivity contribution in [1.82, 2.24) is 15.5 Å². The van der Waals surface area contributed by atoms with Crippen LogP contribution in [0.2, 0.25) is 0 Å². The first kappa shape index (κ1) is 24.0. The number of nitrogens with zero attached hydrogens (tertiary/aromatic N) is 2. The molecule has 1 aromatic rings. The SMILES string of the molecule is CCNC(=NCCCCN1CCCC1)NCCc1cc(C)ccc1OC.I. The predicted molar refractivity (Wildman–Crippen MR) is 126 cm³/mol. The van der Waals surface area contributed by atoms with Gasteiger partial charge in [0, 0.05) is 19.6 Å². The number of likely N-dealkylation sites (tertiary alicyclic amines) is 1. The zero-order valence-corrected chi connectivity index (χ0v) is 19.6. The van der Waals surface area contributed by atoms with Crippen LogP contribution in [0.25, 0.3) is 0 Å². The monoisotopic (exact) mass is 488 g/mol. The van der Waals surface area contributed by atoms with Crippen molar-refractivity contribution in [3.05, 3.63) is 29.3 Å². The lowest BCUT2D eigenvalue weighted by atomic mass is 10.1. The van der Waals surface area contributed by atoms with Crippen molar-refractivity contribution in [3.63, 3.8) is 0 Å². The van der Waals surface area contributed by atoms with Crippen LogP contribution in [0.3, 0.4) is 0 Å². The Labute approximate surface area is 182 Å². The van der Waals surface area contributed by atoms with Gasteiger partial charge in [0.15, 0.2) is 5.96 Å². The second kappa shape index (κ2) is 14.0. The first-order chi connectivity index (χ1) is 12.7. The molecule has 0 spiro atoms. The molecule has 0 amide bonds. The standard InChI is InChI=1S/C21H36N4O.HI/c1-4-22-21(23-12-5-6-14-25-15-7-8-16-25)24-13-11-19-17-18(2)9-10-20(19)26-3;/h9-10,17H,4-8,11-16H2,1-3H3,(H2,22,23,24);1H. The second-order valence-electron chi connectivity index (χ2n) is 7.01. The molecule has 1 aliphatic rings. The largest absolute Gasteiger partial charge is 0.496 e. The van der Waals surface area contributed by atoms with E-state index < -0.39 is 0 Å². The maximum atomic E-state index is 5.46. The summed E-state index contributed by atoms with van der Waals surface area (Å²) in [5.41, 5.74) is 2.50. The van der Waals surface area contributed by atoms with Crippen LogP contribution in [0.1, 0.15) is 43.7 Å². The summed E-state index contributed by atoms with van der Waals surface area (Å²) in [6, 6.07) is 6.33. The molecule has 0 bridgehead atoms. The molecule has 0 aromatic heterocycles. The maximum Gasteiger partial charge on any atom is 0.191 e. The normalized spacial score (nSPS) is 14.7. The van der Waals surface area contributed by atoms with Crippen molar-refractivity contribution in [2.45, 2.75) is 46.0 Å². The molecule has 1 heterocycles. The van der Waals surface area contributed by atoms with Crippen LogP contribution in [0, 0.1) is 6.92 Å². The maximum absolute atomic E-state index is 5.46. The van der Waals surface area contributed by atoms with Gasteiger partial charge in [0.1, 0.15) is 5.75 Å². The van der Waals surface area contributed by atoms with E-state index in [1.54, 1.807) is 7.11 Å². The molecule has 2 rings (SSSR count). The topological polar surface area (TPSA) is 48.9 Å². The van der Waals surface area contributed by atoms with Gasteiger partial charge in [-0.25, -0.2) is 0 Å². The van der Waals surface area contributed by atoms with E-state index in [2.05, 4.69) is 41.5 Å². The fourth-order valence-electron chi connectivity index (χ4n) is 3.40. The average molecular weight is 488 g/mol. The molecule has 1 fully saturated rings. The second-order valence-corrected chi connectivity index (χ2v) is 7.01. The third kappa shape index (κ3) is 9.14. The smallest absolute Gasteiger partial charge is 0.191 e. The fourth-order valence-corrected chi connectivity index (χ4v) is 3.40. The molecular weight excluding hydrogens is 451 g/mol. The Balaban J connectivity index is 0.00000364. The summed E-state index contributed by atoms with van der Waals surface area (Å²) in [5, 5.41) is 6.78. The lowest BCUT2D eigenvalue weighted by Crippen LogP contribution is -2.38. The van der Waals surface area contributed by atoms with Gasteiger partial charge in [0.05, 0.1) is 7.11 Å². The summed E-state index contributed by atoms with van der Waals surface area (Å²) in [4.78, 5) is 7.29. The number of guanidine groups is 1. The molecular formula is C21H37IN4O. The van der Waals surface area contributed by atoms with E-state index >= 15 is 0 Å². The highest BCUT2D eigenvalue weighted by atomic mass is 127. The van der Waals surface area contributed by atoms with Gasteiger partial charge < -0.3 is 20.3 Å². The van der Waals surface area contributed by atoms with Crippen LogP contribution in [0.4, 0.5) is 0 Å². The number of ether oxygens (including phenoxy) is 1. The number of methoxy groups -OCH3 is 1. The lowest BCUT2D eigenvalue weighted by molar-refractivity contribution is 0.331. The minimum absolute atomic E-state index is 0. The van der Waals surface area contributed by atoms with Crippen molar-refractivity contribution >= 4 is 29.9 Å². The molecule has 0 atom stereocenters. The number of hydrogen-bond donors (Lipinski definition) is 2. The van der Waals surface area contributed by atoms with Gasteiger partial charge in [-0.3, -0.25) is 4.99 Å². The first-order valence-corrected chi connectivity index (χ1v) is 10.1. The quantitative estimate of drug-likeness (QED) is 0.229. The molecule has 6 heteroatoms. The molecule has 1 aromatic carbocycles. The van der Waals surface area contributed by atoms with Gasteiger partial charge in [-0.2, -0.15) is 0 Å². The number of unbranched alkanes of at least 4 members (excludes halogenated alkanes) is 1.